The van der Waals surface area contributed by atoms with E-state index in [0.717, 1.165) is 64.5 Å². The first kappa shape index (κ1) is 70.7. The Morgan fingerprint density at radius 3 is 0.875 bits per heavy atom. The van der Waals surface area contributed by atoms with Crippen LogP contribution in [0.2, 0.25) is 0 Å². The molecule has 0 aromatic carbocycles. The zero-order chi connectivity index (χ0) is 52.2. The van der Waals surface area contributed by atoms with Crippen LogP contribution in [0.5, 0.6) is 0 Å². The summed E-state index contributed by atoms with van der Waals surface area (Å²) in [5, 5.41) is 0. The third kappa shape index (κ3) is 54.9. The molecule has 0 rings (SSSR count). The molecule has 1 atom stereocenters. The molecule has 428 valence electrons. The van der Waals surface area contributed by atoms with Gasteiger partial charge >= 0.3 is 5.97 Å². The second kappa shape index (κ2) is 62.2. The van der Waals surface area contributed by atoms with Crippen molar-refractivity contribution in [3.05, 3.63) is 12.2 Å². The van der Waals surface area contributed by atoms with Crippen molar-refractivity contribution in [1.82, 2.24) is 4.90 Å². The maximum atomic E-state index is 13.9. The van der Waals surface area contributed by atoms with E-state index >= 15 is 0 Å². The molecule has 72 heavy (non-hydrogen) atoms. The Morgan fingerprint density at radius 2 is 0.569 bits per heavy atom. The van der Waals surface area contributed by atoms with Gasteiger partial charge < -0.3 is 9.64 Å². The van der Waals surface area contributed by atoms with Crippen LogP contribution in [0.1, 0.15) is 387 Å². The lowest BCUT2D eigenvalue weighted by Gasteiger charge is -2.25. The fourth-order valence-corrected chi connectivity index (χ4v) is 10.9. The van der Waals surface area contributed by atoms with Crippen LogP contribution in [-0.4, -0.2) is 36.5 Å². The van der Waals surface area contributed by atoms with E-state index in [9.17, 15) is 9.59 Å². The lowest BCUT2D eigenvalue weighted by atomic mass is 9.97. The zero-order valence-electron chi connectivity index (χ0n) is 50.1. The maximum absolute atomic E-state index is 13.9. The van der Waals surface area contributed by atoms with Crippen LogP contribution >= 0.6 is 0 Å². The Balaban J connectivity index is 4.04. The minimum Gasteiger partial charge on any atom is -0.465 e. The van der Waals surface area contributed by atoms with E-state index in [-0.39, 0.29) is 17.8 Å². The summed E-state index contributed by atoms with van der Waals surface area (Å²) < 4.78 is 5.86. The lowest BCUT2D eigenvalue weighted by Crippen LogP contribution is -2.35. The van der Waals surface area contributed by atoms with E-state index in [4.69, 9.17) is 4.74 Å². The molecule has 0 aliphatic heterocycles. The Labute approximate surface area is 454 Å². The Bertz CT molecular complexity index is 1060. The summed E-state index contributed by atoms with van der Waals surface area (Å²) in [6.07, 6.45) is 78.4. The average Bonchev–Trinajstić information content (AvgIpc) is 3.38. The smallest absolute Gasteiger partial charge is 0.309 e. The number of allylic oxidation sites excluding steroid dienone is 2. The van der Waals surface area contributed by atoms with Crippen LogP contribution in [0.25, 0.3) is 0 Å². The van der Waals surface area contributed by atoms with Crippen LogP contribution in [0.4, 0.5) is 0 Å². The van der Waals surface area contributed by atoms with Crippen LogP contribution in [-0.2, 0) is 14.3 Å². The van der Waals surface area contributed by atoms with Crippen molar-refractivity contribution in [3.8, 4) is 0 Å². The first-order valence-electron chi connectivity index (χ1n) is 33.7. The highest BCUT2D eigenvalue weighted by Crippen LogP contribution is 2.21. The van der Waals surface area contributed by atoms with Crippen LogP contribution in [0, 0.1) is 5.92 Å². The molecule has 0 heterocycles. The van der Waals surface area contributed by atoms with Crippen molar-refractivity contribution in [1.29, 1.82) is 0 Å². The predicted molar refractivity (Wildman–Crippen MR) is 321 cm³/mol. The van der Waals surface area contributed by atoms with Gasteiger partial charge in [0.15, 0.2) is 0 Å². The van der Waals surface area contributed by atoms with Crippen molar-refractivity contribution in [2.45, 2.75) is 387 Å². The molecule has 0 spiro atoms. The fourth-order valence-electron chi connectivity index (χ4n) is 10.9. The molecule has 0 aliphatic carbocycles. The van der Waals surface area contributed by atoms with Crippen LogP contribution < -0.4 is 0 Å². The number of hydrogen-bond acceptors (Lipinski definition) is 3. The van der Waals surface area contributed by atoms with Gasteiger partial charge in [0.05, 0.1) is 12.5 Å². The summed E-state index contributed by atoms with van der Waals surface area (Å²) in [6.45, 7) is 11.2. The van der Waals surface area contributed by atoms with Gasteiger partial charge in [-0.25, -0.2) is 0 Å². The minimum absolute atomic E-state index is 0.137. The Kier molecular flexibility index (Phi) is 61.1. The van der Waals surface area contributed by atoms with Crippen molar-refractivity contribution in [3.63, 3.8) is 0 Å². The van der Waals surface area contributed by atoms with E-state index in [1.165, 1.54) is 302 Å². The summed E-state index contributed by atoms with van der Waals surface area (Å²) in [4.78, 5) is 29.4. The number of carbonyl (C=O) groups excluding carboxylic acids is 2. The number of unbranched alkanes of at least 4 members (excludes halogenated alkanes) is 49. The minimum atomic E-state index is -0.324. The number of nitrogens with zero attached hydrogens (tertiary/aromatic N) is 1. The Hall–Kier alpha value is -1.32. The molecule has 0 radical (unpaired) electrons. The quantitative estimate of drug-likeness (QED) is 0.0346. The normalized spacial score (nSPS) is 12.1. The molecule has 0 saturated heterocycles. The van der Waals surface area contributed by atoms with Gasteiger partial charge in [0.25, 0.3) is 0 Å². The van der Waals surface area contributed by atoms with Gasteiger partial charge in [-0.2, -0.15) is 0 Å². The second-order valence-electron chi connectivity index (χ2n) is 23.3. The van der Waals surface area contributed by atoms with E-state index in [2.05, 4.69) is 44.7 Å². The van der Waals surface area contributed by atoms with E-state index in [1.807, 2.05) is 0 Å². The first-order chi connectivity index (χ1) is 35.6. The number of carbonyl (C=O) groups is 2. The van der Waals surface area contributed by atoms with Crippen molar-refractivity contribution in [2.24, 2.45) is 5.92 Å². The number of ether oxygens (including phenoxy) is 1. The van der Waals surface area contributed by atoms with Gasteiger partial charge in [0.2, 0.25) is 5.91 Å². The first-order valence-corrected chi connectivity index (χ1v) is 33.7. The summed E-state index contributed by atoms with van der Waals surface area (Å²) in [7, 11) is 0. The van der Waals surface area contributed by atoms with Gasteiger partial charge in [-0.1, -0.05) is 342 Å². The number of rotatable bonds is 62. The van der Waals surface area contributed by atoms with Crippen molar-refractivity contribution < 1.29 is 14.3 Å². The summed E-state index contributed by atoms with van der Waals surface area (Å²) in [5.41, 5.74) is 0. The van der Waals surface area contributed by atoms with Crippen molar-refractivity contribution in [2.75, 3.05) is 19.7 Å². The van der Waals surface area contributed by atoms with Gasteiger partial charge in [0, 0.05) is 19.5 Å². The molecule has 0 aromatic heterocycles. The molecular formula is C68H133NO3. The fraction of sp³-hybridized carbons (Fsp3) is 0.941. The highest BCUT2D eigenvalue weighted by atomic mass is 16.5. The molecule has 0 saturated carbocycles. The number of amides is 1. The van der Waals surface area contributed by atoms with Crippen LogP contribution in [0.15, 0.2) is 12.2 Å². The third-order valence-corrected chi connectivity index (χ3v) is 16.0. The average molecular weight is 1010 g/mol. The number of hydrogen-bond donors (Lipinski definition) is 0. The zero-order valence-corrected chi connectivity index (χ0v) is 50.1. The molecule has 0 aromatic rings. The topological polar surface area (TPSA) is 46.6 Å². The third-order valence-electron chi connectivity index (χ3n) is 16.0. The summed E-state index contributed by atoms with van der Waals surface area (Å²) >= 11 is 0. The largest absolute Gasteiger partial charge is 0.465 e. The standard InChI is InChI=1S/C68H133NO3/c1-5-9-13-17-21-22-23-24-25-26-27-28-29-30-31-32-33-34-35-36-37-38-39-40-41-42-43-44-45-46-47-48-49-50-51-52-53-57-61-66(68(71)72-64-60-56-20-16-12-8-4)65-67(70)69(62-58-54-18-14-10-6-2)63-59-55-19-15-11-7-3/h51-52,66H,5-50,53-65H2,1-4H3/b52-51+. The SMILES string of the molecule is CCCCCCCCCCCCCCCCCCCCCCCCCCCCCCCCCCC/C=C/CCCC(CC(=O)N(CCCCCCCC)CCCCCCCC)C(=O)OCCCCCCCC. The van der Waals surface area contributed by atoms with Gasteiger partial charge in [-0.15, -0.1) is 0 Å². The molecule has 4 nitrogen and oxygen atoms in total. The Morgan fingerprint density at radius 1 is 0.319 bits per heavy atom. The summed E-state index contributed by atoms with van der Waals surface area (Å²) in [6, 6.07) is 0. The molecule has 0 fully saturated rings. The van der Waals surface area contributed by atoms with Crippen LogP contribution in [0.3, 0.4) is 0 Å². The van der Waals surface area contributed by atoms with Gasteiger partial charge in [-0.05, 0) is 51.4 Å². The molecule has 1 unspecified atom stereocenters. The number of esters is 1. The molecule has 0 aliphatic rings. The lowest BCUT2D eigenvalue weighted by molar-refractivity contribution is -0.152. The molecule has 1 amide bonds. The van der Waals surface area contributed by atoms with Gasteiger partial charge in [0.1, 0.15) is 0 Å². The summed E-state index contributed by atoms with van der Waals surface area (Å²) in [5.74, 6) is -0.289. The molecule has 4 heteroatoms. The van der Waals surface area contributed by atoms with E-state index < -0.39 is 0 Å². The van der Waals surface area contributed by atoms with E-state index in [1.54, 1.807) is 0 Å². The monoisotopic (exact) mass is 1010 g/mol. The molecule has 0 N–H and O–H groups in total. The van der Waals surface area contributed by atoms with Gasteiger partial charge in [-0.3, -0.25) is 9.59 Å². The molecule has 0 bridgehead atoms. The van der Waals surface area contributed by atoms with Crippen molar-refractivity contribution >= 4 is 11.9 Å². The highest BCUT2D eigenvalue weighted by molar-refractivity contribution is 5.83. The molecular weight excluding hydrogens is 879 g/mol. The highest BCUT2D eigenvalue weighted by Gasteiger charge is 2.26. The predicted octanol–water partition coefficient (Wildman–Crippen LogP) is 23.5. The second-order valence-corrected chi connectivity index (χ2v) is 23.3. The van der Waals surface area contributed by atoms with E-state index in [0.29, 0.717) is 13.0 Å². The maximum Gasteiger partial charge on any atom is 0.309 e.